The molecule has 2 rings (SSSR count). The Kier molecular flexibility index (Phi) is 13.8. The molecule has 0 saturated heterocycles. The van der Waals surface area contributed by atoms with Crippen LogP contribution in [0.3, 0.4) is 0 Å². The standard InChI is InChI=1S/C30H42O6/c1-5-7-9-11-13-24-15-19-26(20-16-24)28(31)33-35-30(23(3)4)36-34-29(32)27-21-17-25(18-22-27)14-12-10-8-6-2/h15-23,30H,5-14H2,1-4H3. The van der Waals surface area contributed by atoms with E-state index in [1.54, 1.807) is 38.1 Å². The van der Waals surface area contributed by atoms with Gasteiger partial charge in [0.15, 0.2) is 0 Å². The van der Waals surface area contributed by atoms with Crippen molar-refractivity contribution in [1.29, 1.82) is 0 Å². The molecule has 198 valence electrons. The van der Waals surface area contributed by atoms with Crippen molar-refractivity contribution in [2.75, 3.05) is 0 Å². The fourth-order valence-electron chi connectivity index (χ4n) is 3.64. The smallest absolute Gasteiger partial charge is 0.290 e. The molecule has 0 amide bonds. The van der Waals surface area contributed by atoms with E-state index in [9.17, 15) is 9.59 Å². The number of hydrogen-bond acceptors (Lipinski definition) is 6. The van der Waals surface area contributed by atoms with Gasteiger partial charge in [-0.25, -0.2) is 9.59 Å². The number of carbonyl (C=O) groups excluding carboxylic acids is 2. The minimum absolute atomic E-state index is 0.235. The molecule has 2 aromatic rings. The van der Waals surface area contributed by atoms with Gasteiger partial charge < -0.3 is 0 Å². The summed E-state index contributed by atoms with van der Waals surface area (Å²) in [6.07, 6.45) is 10.5. The SMILES string of the molecule is CCCCCCc1ccc(C(=O)OOC(OOC(=O)c2ccc(CCCCCC)cc2)C(C)C)cc1. The van der Waals surface area contributed by atoms with Gasteiger partial charge in [0.25, 0.3) is 0 Å². The van der Waals surface area contributed by atoms with Crippen molar-refractivity contribution in [3.05, 3.63) is 70.8 Å². The molecule has 0 unspecified atom stereocenters. The first kappa shape index (κ1) is 29.5. The van der Waals surface area contributed by atoms with Crippen LogP contribution in [-0.2, 0) is 32.4 Å². The quantitative estimate of drug-likeness (QED) is 0.0959. The van der Waals surface area contributed by atoms with Gasteiger partial charge in [-0.3, -0.25) is 9.78 Å². The lowest BCUT2D eigenvalue weighted by Gasteiger charge is -2.18. The summed E-state index contributed by atoms with van der Waals surface area (Å²) < 4.78 is 0. The normalized spacial score (nSPS) is 11.2. The fourth-order valence-corrected chi connectivity index (χ4v) is 3.64. The lowest BCUT2D eigenvalue weighted by molar-refractivity contribution is -0.430. The summed E-state index contributed by atoms with van der Waals surface area (Å²) in [5.74, 6) is -1.51. The minimum atomic E-state index is -1.06. The molecule has 0 atom stereocenters. The van der Waals surface area contributed by atoms with Crippen LogP contribution in [0.25, 0.3) is 0 Å². The Hall–Kier alpha value is -2.70. The number of aryl methyl sites for hydroxylation is 2. The van der Waals surface area contributed by atoms with Crippen molar-refractivity contribution < 1.29 is 29.1 Å². The van der Waals surface area contributed by atoms with Gasteiger partial charge in [0.1, 0.15) is 0 Å². The van der Waals surface area contributed by atoms with Crippen molar-refractivity contribution in [2.45, 2.75) is 98.2 Å². The third kappa shape index (κ3) is 10.9. The van der Waals surface area contributed by atoms with E-state index in [-0.39, 0.29) is 5.92 Å². The highest BCUT2D eigenvalue weighted by atomic mass is 17.3. The van der Waals surface area contributed by atoms with E-state index in [0.29, 0.717) is 11.1 Å². The number of hydrogen-bond donors (Lipinski definition) is 0. The van der Waals surface area contributed by atoms with Crippen LogP contribution in [0.1, 0.15) is 111 Å². The summed E-state index contributed by atoms with van der Waals surface area (Å²) >= 11 is 0. The second-order valence-electron chi connectivity index (χ2n) is 9.56. The van der Waals surface area contributed by atoms with Gasteiger partial charge in [-0.2, -0.15) is 0 Å². The van der Waals surface area contributed by atoms with Gasteiger partial charge in [0.2, 0.25) is 6.29 Å². The number of carbonyl (C=O) groups is 2. The van der Waals surface area contributed by atoms with Crippen LogP contribution in [-0.4, -0.2) is 18.2 Å². The molecule has 0 aliphatic heterocycles. The zero-order chi connectivity index (χ0) is 26.2. The Labute approximate surface area is 216 Å². The van der Waals surface area contributed by atoms with Crippen LogP contribution >= 0.6 is 0 Å². The van der Waals surface area contributed by atoms with E-state index in [2.05, 4.69) is 13.8 Å². The lowest BCUT2D eigenvalue weighted by atomic mass is 10.0. The van der Waals surface area contributed by atoms with Crippen molar-refractivity contribution in [3.8, 4) is 0 Å². The lowest BCUT2D eigenvalue weighted by Crippen LogP contribution is -2.26. The van der Waals surface area contributed by atoms with Crippen LogP contribution < -0.4 is 0 Å². The van der Waals surface area contributed by atoms with Gasteiger partial charge in [0.05, 0.1) is 11.1 Å². The monoisotopic (exact) mass is 498 g/mol. The highest BCUT2D eigenvalue weighted by Crippen LogP contribution is 2.15. The molecule has 2 aromatic carbocycles. The molecule has 0 fully saturated rings. The Morgan fingerprint density at radius 2 is 1.00 bits per heavy atom. The van der Waals surface area contributed by atoms with Crippen LogP contribution in [0.2, 0.25) is 0 Å². The molecule has 0 aliphatic rings. The zero-order valence-electron chi connectivity index (χ0n) is 22.3. The fraction of sp³-hybridized carbons (Fsp3) is 0.533. The van der Waals surface area contributed by atoms with Crippen molar-refractivity contribution in [2.24, 2.45) is 5.92 Å². The average molecular weight is 499 g/mol. The molecule has 6 heteroatoms. The molecule has 0 radical (unpaired) electrons. The maximum Gasteiger partial charge on any atom is 0.373 e. The third-order valence-electron chi connectivity index (χ3n) is 6.00. The van der Waals surface area contributed by atoms with E-state index >= 15 is 0 Å². The first-order valence-electron chi connectivity index (χ1n) is 13.4. The first-order chi connectivity index (χ1) is 17.4. The van der Waals surface area contributed by atoms with Gasteiger partial charge in [0, 0.05) is 5.92 Å². The molecular weight excluding hydrogens is 456 g/mol. The summed E-state index contributed by atoms with van der Waals surface area (Å²) in [7, 11) is 0. The van der Waals surface area contributed by atoms with E-state index in [0.717, 1.165) is 25.7 Å². The molecule has 0 bridgehead atoms. The molecule has 0 saturated carbocycles. The molecule has 0 aliphatic carbocycles. The molecule has 0 N–H and O–H groups in total. The minimum Gasteiger partial charge on any atom is -0.290 e. The number of benzene rings is 2. The van der Waals surface area contributed by atoms with Crippen LogP contribution in [0, 0.1) is 5.92 Å². The van der Waals surface area contributed by atoms with Crippen LogP contribution in [0.5, 0.6) is 0 Å². The summed E-state index contributed by atoms with van der Waals surface area (Å²) in [6.45, 7) is 7.98. The Morgan fingerprint density at radius 3 is 1.33 bits per heavy atom. The van der Waals surface area contributed by atoms with Crippen LogP contribution in [0.15, 0.2) is 48.5 Å². The predicted octanol–water partition coefficient (Wildman–Crippen LogP) is 7.79. The number of rotatable bonds is 17. The molecule has 0 aromatic heterocycles. The molecular formula is C30H42O6. The van der Waals surface area contributed by atoms with Crippen LogP contribution in [0.4, 0.5) is 0 Å². The Balaban J connectivity index is 1.78. The Morgan fingerprint density at radius 1 is 0.611 bits per heavy atom. The van der Waals surface area contributed by atoms with Crippen molar-refractivity contribution >= 4 is 11.9 Å². The summed E-state index contributed by atoms with van der Waals surface area (Å²) in [5.41, 5.74) is 3.12. The van der Waals surface area contributed by atoms with E-state index in [1.807, 2.05) is 24.3 Å². The molecule has 0 spiro atoms. The topological polar surface area (TPSA) is 71.1 Å². The van der Waals surface area contributed by atoms with Gasteiger partial charge in [-0.05, 0) is 61.1 Å². The highest BCUT2D eigenvalue weighted by Gasteiger charge is 2.23. The highest BCUT2D eigenvalue weighted by molar-refractivity contribution is 5.89. The van der Waals surface area contributed by atoms with Gasteiger partial charge in [-0.15, -0.1) is 9.78 Å². The third-order valence-corrected chi connectivity index (χ3v) is 6.00. The van der Waals surface area contributed by atoms with E-state index < -0.39 is 18.2 Å². The maximum atomic E-state index is 12.4. The second kappa shape index (κ2) is 16.9. The first-order valence-corrected chi connectivity index (χ1v) is 13.4. The molecule has 36 heavy (non-hydrogen) atoms. The summed E-state index contributed by atoms with van der Waals surface area (Å²) in [5, 5.41) is 0. The van der Waals surface area contributed by atoms with E-state index in [4.69, 9.17) is 19.6 Å². The molecule has 0 heterocycles. The van der Waals surface area contributed by atoms with Crippen molar-refractivity contribution in [1.82, 2.24) is 0 Å². The van der Waals surface area contributed by atoms with E-state index in [1.165, 1.54) is 49.7 Å². The zero-order valence-corrected chi connectivity index (χ0v) is 22.3. The second-order valence-corrected chi connectivity index (χ2v) is 9.56. The average Bonchev–Trinajstić information content (AvgIpc) is 2.89. The summed E-state index contributed by atoms with van der Waals surface area (Å²) in [6, 6.07) is 14.6. The molecule has 6 nitrogen and oxygen atoms in total. The summed E-state index contributed by atoms with van der Waals surface area (Å²) in [4.78, 5) is 45.0. The largest absolute Gasteiger partial charge is 0.373 e. The predicted molar refractivity (Wildman–Crippen MR) is 140 cm³/mol. The van der Waals surface area contributed by atoms with Crippen molar-refractivity contribution in [3.63, 3.8) is 0 Å². The Bertz CT molecular complexity index is 817. The maximum absolute atomic E-state index is 12.4. The van der Waals surface area contributed by atoms with Gasteiger partial charge in [-0.1, -0.05) is 90.5 Å². The number of unbranched alkanes of at least 4 members (excludes halogenated alkanes) is 6. The van der Waals surface area contributed by atoms with Gasteiger partial charge >= 0.3 is 11.9 Å².